The van der Waals surface area contributed by atoms with Crippen LogP contribution < -0.4 is 0 Å². The van der Waals surface area contributed by atoms with Crippen LogP contribution in [0.3, 0.4) is 0 Å². The lowest BCUT2D eigenvalue weighted by atomic mass is 9.99. The van der Waals surface area contributed by atoms with E-state index < -0.39 is 0 Å². The van der Waals surface area contributed by atoms with E-state index in [1.807, 2.05) is 13.8 Å². The van der Waals surface area contributed by atoms with E-state index in [-0.39, 0.29) is 0 Å². The number of hydrogen-bond acceptors (Lipinski definition) is 2. The summed E-state index contributed by atoms with van der Waals surface area (Å²) in [5, 5.41) is 8.49. The SMILES string of the molecule is Cc1ccc2c(-c3c(C)n[nH]c3C)cccc2n1. The number of aromatic nitrogens is 3. The second-order valence-corrected chi connectivity index (χ2v) is 4.63. The van der Waals surface area contributed by atoms with Crippen molar-refractivity contribution in [3.8, 4) is 11.1 Å². The minimum Gasteiger partial charge on any atom is -0.282 e. The summed E-state index contributed by atoms with van der Waals surface area (Å²) in [5.41, 5.74) is 6.59. The van der Waals surface area contributed by atoms with E-state index >= 15 is 0 Å². The molecule has 0 aliphatic rings. The fourth-order valence-corrected chi connectivity index (χ4v) is 2.42. The van der Waals surface area contributed by atoms with Gasteiger partial charge >= 0.3 is 0 Å². The minimum atomic E-state index is 1.03. The van der Waals surface area contributed by atoms with Gasteiger partial charge in [-0.05, 0) is 38.5 Å². The van der Waals surface area contributed by atoms with Crippen molar-refractivity contribution in [2.45, 2.75) is 20.8 Å². The van der Waals surface area contributed by atoms with Gasteiger partial charge in [-0.1, -0.05) is 18.2 Å². The molecule has 0 amide bonds. The summed E-state index contributed by atoms with van der Waals surface area (Å²) in [5.74, 6) is 0. The molecule has 0 aliphatic heterocycles. The highest BCUT2D eigenvalue weighted by atomic mass is 15.1. The van der Waals surface area contributed by atoms with Gasteiger partial charge in [0.1, 0.15) is 0 Å². The molecule has 2 aromatic heterocycles. The van der Waals surface area contributed by atoms with Crippen molar-refractivity contribution in [1.82, 2.24) is 15.2 Å². The van der Waals surface area contributed by atoms with Crippen molar-refractivity contribution in [3.63, 3.8) is 0 Å². The highest BCUT2D eigenvalue weighted by Crippen LogP contribution is 2.31. The predicted octanol–water partition coefficient (Wildman–Crippen LogP) is 3.55. The van der Waals surface area contributed by atoms with E-state index in [2.05, 4.69) is 52.4 Å². The van der Waals surface area contributed by atoms with Crippen LogP contribution in [0.1, 0.15) is 17.1 Å². The summed E-state index contributed by atoms with van der Waals surface area (Å²) in [7, 11) is 0. The third kappa shape index (κ3) is 1.59. The number of pyridine rings is 1. The molecule has 0 radical (unpaired) electrons. The Labute approximate surface area is 106 Å². The molecule has 3 aromatic rings. The first-order valence-corrected chi connectivity index (χ1v) is 6.05. The van der Waals surface area contributed by atoms with Crippen LogP contribution in [-0.2, 0) is 0 Å². The fraction of sp³-hybridized carbons (Fsp3) is 0.200. The van der Waals surface area contributed by atoms with Crippen molar-refractivity contribution in [2.24, 2.45) is 0 Å². The zero-order chi connectivity index (χ0) is 12.7. The Morgan fingerprint density at radius 2 is 1.83 bits per heavy atom. The van der Waals surface area contributed by atoms with Crippen LogP contribution in [0.15, 0.2) is 30.3 Å². The second kappa shape index (κ2) is 3.95. The van der Waals surface area contributed by atoms with Gasteiger partial charge in [0, 0.05) is 22.3 Å². The maximum Gasteiger partial charge on any atom is 0.0711 e. The molecule has 0 unspecified atom stereocenters. The molecular formula is C15H15N3. The van der Waals surface area contributed by atoms with Gasteiger partial charge in [0.2, 0.25) is 0 Å². The van der Waals surface area contributed by atoms with Gasteiger partial charge < -0.3 is 0 Å². The van der Waals surface area contributed by atoms with Crippen LogP contribution in [0.2, 0.25) is 0 Å². The van der Waals surface area contributed by atoms with Crippen LogP contribution >= 0.6 is 0 Å². The Balaban J connectivity index is 2.37. The van der Waals surface area contributed by atoms with Gasteiger partial charge in [0.25, 0.3) is 0 Å². The van der Waals surface area contributed by atoms with Gasteiger partial charge in [0.15, 0.2) is 0 Å². The lowest BCUT2D eigenvalue weighted by Crippen LogP contribution is -1.88. The molecule has 2 heterocycles. The number of rotatable bonds is 1. The number of H-pyrrole nitrogens is 1. The lowest BCUT2D eigenvalue weighted by molar-refractivity contribution is 1.02. The Kier molecular flexibility index (Phi) is 2.40. The minimum absolute atomic E-state index is 1.03. The van der Waals surface area contributed by atoms with Gasteiger partial charge in [-0.3, -0.25) is 10.1 Å². The van der Waals surface area contributed by atoms with Crippen molar-refractivity contribution in [1.29, 1.82) is 0 Å². The Morgan fingerprint density at radius 3 is 2.56 bits per heavy atom. The maximum absolute atomic E-state index is 4.57. The summed E-state index contributed by atoms with van der Waals surface area (Å²) in [6.45, 7) is 6.09. The van der Waals surface area contributed by atoms with Crippen molar-refractivity contribution >= 4 is 10.9 Å². The van der Waals surface area contributed by atoms with E-state index in [1.165, 1.54) is 16.5 Å². The molecule has 3 heteroatoms. The molecule has 0 spiro atoms. The Hall–Kier alpha value is -2.16. The number of fused-ring (bicyclic) bond motifs is 1. The molecule has 0 atom stereocenters. The molecule has 0 fully saturated rings. The summed E-state index contributed by atoms with van der Waals surface area (Å²) >= 11 is 0. The largest absolute Gasteiger partial charge is 0.282 e. The van der Waals surface area contributed by atoms with Crippen LogP contribution in [-0.4, -0.2) is 15.2 Å². The molecule has 0 saturated carbocycles. The smallest absolute Gasteiger partial charge is 0.0711 e. The average Bonchev–Trinajstić information content (AvgIpc) is 2.68. The van der Waals surface area contributed by atoms with Crippen LogP contribution in [0.25, 0.3) is 22.0 Å². The first-order valence-electron chi connectivity index (χ1n) is 6.05. The van der Waals surface area contributed by atoms with E-state index in [0.29, 0.717) is 0 Å². The van der Waals surface area contributed by atoms with E-state index in [0.717, 1.165) is 22.6 Å². The summed E-state index contributed by atoms with van der Waals surface area (Å²) < 4.78 is 0. The first-order chi connectivity index (χ1) is 8.66. The molecule has 3 nitrogen and oxygen atoms in total. The molecular weight excluding hydrogens is 222 g/mol. The van der Waals surface area contributed by atoms with Crippen LogP contribution in [0.4, 0.5) is 0 Å². The molecule has 3 rings (SSSR count). The number of benzene rings is 1. The molecule has 90 valence electrons. The zero-order valence-corrected chi connectivity index (χ0v) is 10.8. The van der Waals surface area contributed by atoms with Gasteiger partial charge in [-0.25, -0.2) is 0 Å². The quantitative estimate of drug-likeness (QED) is 0.703. The van der Waals surface area contributed by atoms with E-state index in [9.17, 15) is 0 Å². The van der Waals surface area contributed by atoms with Crippen LogP contribution in [0, 0.1) is 20.8 Å². The number of nitrogens with zero attached hydrogens (tertiary/aromatic N) is 2. The first kappa shape index (κ1) is 11.0. The highest BCUT2D eigenvalue weighted by molar-refractivity contribution is 5.95. The summed E-state index contributed by atoms with van der Waals surface area (Å²) in [4.78, 5) is 4.57. The van der Waals surface area contributed by atoms with Crippen molar-refractivity contribution in [3.05, 3.63) is 47.4 Å². The molecule has 0 saturated heterocycles. The monoisotopic (exact) mass is 237 g/mol. The van der Waals surface area contributed by atoms with Gasteiger partial charge in [0.05, 0.1) is 11.2 Å². The molecule has 0 bridgehead atoms. The van der Waals surface area contributed by atoms with Crippen molar-refractivity contribution < 1.29 is 0 Å². The standard InChI is InChI=1S/C15H15N3/c1-9-7-8-12-13(5-4-6-14(12)16-9)15-10(2)17-18-11(15)3/h4-8H,1-3H3,(H,17,18). The number of nitrogens with one attached hydrogen (secondary N) is 1. The summed E-state index contributed by atoms with van der Waals surface area (Å²) in [6, 6.07) is 10.4. The lowest BCUT2D eigenvalue weighted by Gasteiger charge is -2.07. The van der Waals surface area contributed by atoms with Crippen molar-refractivity contribution in [2.75, 3.05) is 0 Å². The fourth-order valence-electron chi connectivity index (χ4n) is 2.42. The molecule has 1 aromatic carbocycles. The summed E-state index contributed by atoms with van der Waals surface area (Å²) in [6.07, 6.45) is 0. The van der Waals surface area contributed by atoms with Crippen LogP contribution in [0.5, 0.6) is 0 Å². The Morgan fingerprint density at radius 1 is 1.00 bits per heavy atom. The van der Waals surface area contributed by atoms with Gasteiger partial charge in [-0.15, -0.1) is 0 Å². The predicted molar refractivity (Wildman–Crippen MR) is 73.5 cm³/mol. The molecule has 0 aliphatic carbocycles. The Bertz CT molecular complexity index is 706. The molecule has 1 N–H and O–H groups in total. The topological polar surface area (TPSA) is 41.6 Å². The molecule has 18 heavy (non-hydrogen) atoms. The zero-order valence-electron chi connectivity index (χ0n) is 10.8. The van der Waals surface area contributed by atoms with Gasteiger partial charge in [-0.2, -0.15) is 5.10 Å². The third-order valence-electron chi connectivity index (χ3n) is 3.27. The number of hydrogen-bond donors (Lipinski definition) is 1. The third-order valence-corrected chi connectivity index (χ3v) is 3.27. The number of aromatic amines is 1. The second-order valence-electron chi connectivity index (χ2n) is 4.63. The number of aryl methyl sites for hydroxylation is 3. The van der Waals surface area contributed by atoms with E-state index in [4.69, 9.17) is 0 Å². The average molecular weight is 237 g/mol. The highest BCUT2D eigenvalue weighted by Gasteiger charge is 2.12. The maximum atomic E-state index is 4.57. The van der Waals surface area contributed by atoms with E-state index in [1.54, 1.807) is 0 Å². The normalized spacial score (nSPS) is 11.1.